The van der Waals surface area contributed by atoms with Crippen LogP contribution in [-0.4, -0.2) is 10.7 Å². The van der Waals surface area contributed by atoms with Crippen molar-refractivity contribution in [2.45, 2.75) is 0 Å². The van der Waals surface area contributed by atoms with Gasteiger partial charge >= 0.3 is 0 Å². The molecule has 0 aliphatic heterocycles. The highest BCUT2D eigenvalue weighted by atomic mass is 19.1. The zero-order chi connectivity index (χ0) is 14.5. The van der Waals surface area contributed by atoms with Crippen LogP contribution in [0.1, 0.15) is 15.9 Å². The van der Waals surface area contributed by atoms with Crippen molar-refractivity contribution in [3.8, 4) is 0 Å². The van der Waals surface area contributed by atoms with E-state index in [0.717, 1.165) is 0 Å². The van der Waals surface area contributed by atoms with Crippen LogP contribution in [0.25, 0.3) is 6.08 Å². The van der Waals surface area contributed by atoms with Crippen LogP contribution >= 0.6 is 0 Å². The third-order valence-corrected chi connectivity index (χ3v) is 2.66. The number of ketones is 1. The van der Waals surface area contributed by atoms with Crippen molar-refractivity contribution < 1.29 is 14.1 Å². The molecule has 0 aliphatic rings. The van der Waals surface area contributed by atoms with Gasteiger partial charge in [-0.3, -0.25) is 14.9 Å². The fraction of sp³-hybridized carbons (Fsp3) is 0. The maximum Gasteiger partial charge on any atom is 0.269 e. The number of hydrogen-bond acceptors (Lipinski definition) is 3. The van der Waals surface area contributed by atoms with E-state index < -0.39 is 4.92 Å². The quantitative estimate of drug-likeness (QED) is 0.369. The Balaban J connectivity index is 2.11. The van der Waals surface area contributed by atoms with Gasteiger partial charge in [0.15, 0.2) is 5.78 Å². The number of nitrogens with zero attached hydrogens (tertiary/aromatic N) is 1. The fourth-order valence-electron chi connectivity index (χ4n) is 1.59. The number of nitro benzene ring substituents is 1. The number of non-ortho nitro benzene ring substituents is 1. The van der Waals surface area contributed by atoms with E-state index in [9.17, 15) is 19.3 Å². The lowest BCUT2D eigenvalue weighted by molar-refractivity contribution is -0.384. The molecular formula is C15H10FNO3. The standard InChI is InChI=1S/C15H10FNO3/c16-13-6-1-11(2-7-13)3-10-15(18)12-4-8-14(9-5-12)17(19)20/h1-10H/b10-3+. The monoisotopic (exact) mass is 271 g/mol. The third-order valence-electron chi connectivity index (χ3n) is 2.66. The molecule has 0 saturated carbocycles. The summed E-state index contributed by atoms with van der Waals surface area (Å²) in [5.74, 6) is -0.618. The molecule has 0 amide bonds. The molecule has 2 aromatic carbocycles. The lowest BCUT2D eigenvalue weighted by atomic mass is 10.1. The topological polar surface area (TPSA) is 60.2 Å². The van der Waals surface area contributed by atoms with E-state index in [2.05, 4.69) is 0 Å². The van der Waals surface area contributed by atoms with Gasteiger partial charge in [-0.05, 0) is 35.9 Å². The van der Waals surface area contributed by atoms with Gasteiger partial charge in [0.05, 0.1) is 4.92 Å². The van der Waals surface area contributed by atoms with Gasteiger partial charge in [0.25, 0.3) is 5.69 Å². The average Bonchev–Trinajstić information content (AvgIpc) is 2.46. The molecule has 0 aromatic heterocycles. The summed E-state index contributed by atoms with van der Waals surface area (Å²) in [4.78, 5) is 21.8. The van der Waals surface area contributed by atoms with Crippen molar-refractivity contribution >= 4 is 17.5 Å². The zero-order valence-corrected chi connectivity index (χ0v) is 10.3. The number of rotatable bonds is 4. The lowest BCUT2D eigenvalue weighted by Crippen LogP contribution is -1.95. The van der Waals surface area contributed by atoms with E-state index in [1.54, 1.807) is 18.2 Å². The summed E-state index contributed by atoms with van der Waals surface area (Å²) in [6.45, 7) is 0. The van der Waals surface area contributed by atoms with E-state index in [0.29, 0.717) is 11.1 Å². The molecule has 0 aliphatic carbocycles. The summed E-state index contributed by atoms with van der Waals surface area (Å²) in [5.41, 5.74) is 0.986. The minimum absolute atomic E-state index is 0.0657. The number of allylic oxidation sites excluding steroid dienone is 1. The molecule has 20 heavy (non-hydrogen) atoms. The largest absolute Gasteiger partial charge is 0.289 e. The molecule has 0 fully saturated rings. The SMILES string of the molecule is O=C(/C=C/c1ccc(F)cc1)c1ccc([N+](=O)[O-])cc1. The minimum Gasteiger partial charge on any atom is -0.289 e. The van der Waals surface area contributed by atoms with Crippen molar-refractivity contribution in [3.63, 3.8) is 0 Å². The second-order valence-electron chi connectivity index (χ2n) is 4.05. The highest BCUT2D eigenvalue weighted by molar-refractivity contribution is 6.06. The van der Waals surface area contributed by atoms with Crippen LogP contribution in [-0.2, 0) is 0 Å². The molecule has 0 heterocycles. The van der Waals surface area contributed by atoms with Crippen molar-refractivity contribution in [1.82, 2.24) is 0 Å². The van der Waals surface area contributed by atoms with Crippen LogP contribution in [0.4, 0.5) is 10.1 Å². The number of halogens is 1. The van der Waals surface area contributed by atoms with E-state index in [1.165, 1.54) is 42.5 Å². The van der Waals surface area contributed by atoms with Crippen molar-refractivity contribution in [2.24, 2.45) is 0 Å². The molecule has 0 atom stereocenters. The molecule has 0 bridgehead atoms. The Hall–Kier alpha value is -2.82. The highest BCUT2D eigenvalue weighted by Gasteiger charge is 2.07. The van der Waals surface area contributed by atoms with Crippen LogP contribution in [0.2, 0.25) is 0 Å². The van der Waals surface area contributed by atoms with Crippen molar-refractivity contribution in [3.05, 3.63) is 81.7 Å². The van der Waals surface area contributed by atoms with E-state index >= 15 is 0 Å². The van der Waals surface area contributed by atoms with Gasteiger partial charge in [0.1, 0.15) is 5.82 Å². The maximum absolute atomic E-state index is 12.7. The Kier molecular flexibility index (Phi) is 4.00. The van der Waals surface area contributed by atoms with Crippen molar-refractivity contribution in [2.75, 3.05) is 0 Å². The summed E-state index contributed by atoms with van der Waals surface area (Å²) in [5, 5.41) is 10.5. The Morgan fingerprint density at radius 2 is 1.65 bits per heavy atom. The highest BCUT2D eigenvalue weighted by Crippen LogP contribution is 2.13. The molecule has 2 rings (SSSR count). The Labute approximate surface area is 114 Å². The molecule has 2 aromatic rings. The van der Waals surface area contributed by atoms with Crippen LogP contribution in [0, 0.1) is 15.9 Å². The number of benzene rings is 2. The number of carbonyl (C=O) groups is 1. The van der Waals surface area contributed by atoms with Gasteiger partial charge in [-0.1, -0.05) is 18.2 Å². The first-order valence-electron chi connectivity index (χ1n) is 5.79. The molecule has 4 nitrogen and oxygen atoms in total. The summed E-state index contributed by atoms with van der Waals surface area (Å²) in [7, 11) is 0. The molecule has 100 valence electrons. The van der Waals surface area contributed by atoms with Crippen LogP contribution in [0.5, 0.6) is 0 Å². The summed E-state index contributed by atoms with van der Waals surface area (Å²) < 4.78 is 12.7. The average molecular weight is 271 g/mol. The van der Waals surface area contributed by atoms with Crippen LogP contribution in [0.3, 0.4) is 0 Å². The Morgan fingerprint density at radius 3 is 2.20 bits per heavy atom. The summed E-state index contributed by atoms with van der Waals surface area (Å²) in [6, 6.07) is 11.1. The first kappa shape index (κ1) is 13.6. The molecule has 0 unspecified atom stereocenters. The normalized spacial score (nSPS) is 10.7. The fourth-order valence-corrected chi connectivity index (χ4v) is 1.59. The maximum atomic E-state index is 12.7. The Bertz CT molecular complexity index is 661. The predicted octanol–water partition coefficient (Wildman–Crippen LogP) is 3.63. The first-order chi connectivity index (χ1) is 9.56. The number of carbonyl (C=O) groups excluding carboxylic acids is 1. The van der Waals surface area contributed by atoms with Gasteiger partial charge in [0.2, 0.25) is 0 Å². The van der Waals surface area contributed by atoms with E-state index in [4.69, 9.17) is 0 Å². The molecule has 0 radical (unpaired) electrons. The zero-order valence-electron chi connectivity index (χ0n) is 10.3. The smallest absolute Gasteiger partial charge is 0.269 e. The van der Waals surface area contributed by atoms with E-state index in [-0.39, 0.29) is 17.3 Å². The molecule has 0 spiro atoms. The van der Waals surface area contributed by atoms with Crippen LogP contribution < -0.4 is 0 Å². The van der Waals surface area contributed by atoms with Gasteiger partial charge in [-0.25, -0.2) is 4.39 Å². The number of nitro groups is 1. The number of hydrogen-bond donors (Lipinski definition) is 0. The van der Waals surface area contributed by atoms with Crippen molar-refractivity contribution in [1.29, 1.82) is 0 Å². The first-order valence-corrected chi connectivity index (χ1v) is 5.79. The summed E-state index contributed by atoms with van der Waals surface area (Å²) in [6.07, 6.45) is 2.90. The van der Waals surface area contributed by atoms with Gasteiger partial charge in [-0.15, -0.1) is 0 Å². The molecule has 0 N–H and O–H groups in total. The molecule has 0 saturated heterocycles. The second-order valence-corrected chi connectivity index (χ2v) is 4.05. The third kappa shape index (κ3) is 3.35. The van der Waals surface area contributed by atoms with E-state index in [1.807, 2.05) is 0 Å². The summed E-state index contributed by atoms with van der Waals surface area (Å²) >= 11 is 0. The lowest BCUT2D eigenvalue weighted by Gasteiger charge is -1.96. The minimum atomic E-state index is -0.525. The van der Waals surface area contributed by atoms with Gasteiger partial charge in [-0.2, -0.15) is 0 Å². The van der Waals surface area contributed by atoms with Gasteiger partial charge < -0.3 is 0 Å². The molecule has 5 heteroatoms. The Morgan fingerprint density at radius 1 is 1.05 bits per heavy atom. The predicted molar refractivity (Wildman–Crippen MR) is 72.9 cm³/mol. The van der Waals surface area contributed by atoms with Gasteiger partial charge in [0, 0.05) is 17.7 Å². The van der Waals surface area contributed by atoms with Crippen LogP contribution in [0.15, 0.2) is 54.6 Å². The molecular weight excluding hydrogens is 261 g/mol. The second kappa shape index (κ2) is 5.88.